The number of aromatic nitrogens is 2. The van der Waals surface area contributed by atoms with Crippen molar-refractivity contribution in [3.8, 4) is 0 Å². The molecule has 2 aromatic carbocycles. The SMILES string of the molecule is O=C(NO)c1ccc(Cn2c(=O)[nH]c(=O)c3cccc(Cl)c32)cc1. The monoisotopic (exact) mass is 345 g/mol. The largest absolute Gasteiger partial charge is 0.329 e. The van der Waals surface area contributed by atoms with Crippen LogP contribution >= 0.6 is 11.6 Å². The molecular weight excluding hydrogens is 334 g/mol. The molecule has 1 heterocycles. The highest BCUT2D eigenvalue weighted by atomic mass is 35.5. The zero-order valence-corrected chi connectivity index (χ0v) is 13.0. The maximum absolute atomic E-state index is 12.2. The standard InChI is InChI=1S/C16H12ClN3O4/c17-12-3-1-2-11-13(12)20(16(23)18-15(11)22)8-9-4-6-10(7-5-9)14(21)19-24/h1-7,24H,8H2,(H,19,21)(H,18,22,23). The highest BCUT2D eigenvalue weighted by Gasteiger charge is 2.11. The van der Waals surface area contributed by atoms with E-state index in [2.05, 4.69) is 4.98 Å². The predicted octanol–water partition coefficient (Wildman–Crippen LogP) is 1.51. The Kier molecular flexibility index (Phi) is 4.20. The number of hydrogen-bond donors (Lipinski definition) is 3. The Morgan fingerprint density at radius 1 is 1.17 bits per heavy atom. The Morgan fingerprint density at radius 2 is 1.88 bits per heavy atom. The summed E-state index contributed by atoms with van der Waals surface area (Å²) in [7, 11) is 0. The van der Waals surface area contributed by atoms with Crippen LogP contribution in [0, 0.1) is 0 Å². The summed E-state index contributed by atoms with van der Waals surface area (Å²) in [4.78, 5) is 37.7. The average molecular weight is 346 g/mol. The van der Waals surface area contributed by atoms with Crippen LogP contribution in [-0.2, 0) is 6.54 Å². The average Bonchev–Trinajstić information content (AvgIpc) is 2.58. The van der Waals surface area contributed by atoms with Gasteiger partial charge >= 0.3 is 5.69 Å². The lowest BCUT2D eigenvalue weighted by atomic mass is 10.1. The second kappa shape index (κ2) is 6.31. The van der Waals surface area contributed by atoms with Crippen LogP contribution < -0.4 is 16.7 Å². The molecule has 0 saturated carbocycles. The maximum Gasteiger partial charge on any atom is 0.329 e. The lowest BCUT2D eigenvalue weighted by Crippen LogP contribution is -2.30. The minimum absolute atomic E-state index is 0.164. The van der Waals surface area contributed by atoms with Crippen molar-refractivity contribution >= 4 is 28.4 Å². The van der Waals surface area contributed by atoms with Crippen LogP contribution in [-0.4, -0.2) is 20.7 Å². The van der Waals surface area contributed by atoms with Gasteiger partial charge in [-0.25, -0.2) is 10.3 Å². The molecular formula is C16H12ClN3O4. The Labute approximate surface area is 140 Å². The molecule has 3 rings (SSSR count). The van der Waals surface area contributed by atoms with Gasteiger partial charge in [-0.15, -0.1) is 0 Å². The molecule has 7 nitrogen and oxygen atoms in total. The number of fused-ring (bicyclic) bond motifs is 1. The van der Waals surface area contributed by atoms with Crippen molar-refractivity contribution in [2.24, 2.45) is 0 Å². The van der Waals surface area contributed by atoms with Crippen LogP contribution in [0.25, 0.3) is 10.9 Å². The molecule has 0 spiro atoms. The molecule has 3 aromatic rings. The van der Waals surface area contributed by atoms with E-state index in [0.29, 0.717) is 15.9 Å². The summed E-state index contributed by atoms with van der Waals surface area (Å²) in [6.07, 6.45) is 0. The number of carbonyl (C=O) groups excluding carboxylic acids is 1. The quantitative estimate of drug-likeness (QED) is 0.494. The number of rotatable bonds is 3. The molecule has 0 radical (unpaired) electrons. The third-order valence-electron chi connectivity index (χ3n) is 3.63. The third-order valence-corrected chi connectivity index (χ3v) is 3.93. The van der Waals surface area contributed by atoms with Gasteiger partial charge in [-0.1, -0.05) is 29.8 Å². The number of para-hydroxylation sites is 1. The summed E-state index contributed by atoms with van der Waals surface area (Å²) in [5.74, 6) is -0.628. The van der Waals surface area contributed by atoms with Crippen LogP contribution in [0.5, 0.6) is 0 Å². The number of nitrogens with one attached hydrogen (secondary N) is 2. The summed E-state index contributed by atoms with van der Waals surface area (Å²) < 4.78 is 1.36. The molecule has 0 aliphatic rings. The number of hydroxylamine groups is 1. The van der Waals surface area contributed by atoms with E-state index in [-0.39, 0.29) is 12.1 Å². The maximum atomic E-state index is 12.2. The second-order valence-electron chi connectivity index (χ2n) is 5.12. The summed E-state index contributed by atoms with van der Waals surface area (Å²) >= 11 is 6.16. The molecule has 122 valence electrons. The number of aromatic amines is 1. The van der Waals surface area contributed by atoms with Gasteiger partial charge in [0, 0.05) is 5.56 Å². The Balaban J connectivity index is 2.09. The van der Waals surface area contributed by atoms with Crippen molar-refractivity contribution in [1.82, 2.24) is 15.0 Å². The van der Waals surface area contributed by atoms with Gasteiger partial charge < -0.3 is 0 Å². The predicted molar refractivity (Wildman–Crippen MR) is 88.6 cm³/mol. The highest BCUT2D eigenvalue weighted by Crippen LogP contribution is 2.20. The van der Waals surface area contributed by atoms with Crippen molar-refractivity contribution < 1.29 is 10.0 Å². The fourth-order valence-electron chi connectivity index (χ4n) is 2.47. The first-order chi connectivity index (χ1) is 11.5. The third kappa shape index (κ3) is 2.82. The number of carbonyl (C=O) groups is 1. The van der Waals surface area contributed by atoms with Crippen molar-refractivity contribution in [1.29, 1.82) is 0 Å². The molecule has 0 atom stereocenters. The van der Waals surface area contributed by atoms with Gasteiger partial charge in [0.25, 0.3) is 11.5 Å². The molecule has 3 N–H and O–H groups in total. The number of amides is 1. The zero-order chi connectivity index (χ0) is 17.3. The zero-order valence-electron chi connectivity index (χ0n) is 12.2. The first-order valence-electron chi connectivity index (χ1n) is 6.96. The molecule has 8 heteroatoms. The van der Waals surface area contributed by atoms with Gasteiger partial charge in [0.1, 0.15) is 0 Å². The van der Waals surface area contributed by atoms with E-state index >= 15 is 0 Å². The second-order valence-corrected chi connectivity index (χ2v) is 5.53. The molecule has 1 aromatic heterocycles. The molecule has 0 aliphatic heterocycles. The van der Waals surface area contributed by atoms with E-state index in [1.54, 1.807) is 35.8 Å². The summed E-state index contributed by atoms with van der Waals surface area (Å²) in [5, 5.41) is 9.23. The number of hydrogen-bond acceptors (Lipinski definition) is 4. The van der Waals surface area contributed by atoms with E-state index < -0.39 is 17.2 Å². The number of halogens is 1. The minimum atomic E-state index is -0.628. The van der Waals surface area contributed by atoms with E-state index in [4.69, 9.17) is 16.8 Å². The Hall–Kier alpha value is -2.90. The normalized spacial score (nSPS) is 10.8. The van der Waals surface area contributed by atoms with Gasteiger partial charge in [0.05, 0.1) is 22.5 Å². The van der Waals surface area contributed by atoms with Gasteiger partial charge in [0.2, 0.25) is 0 Å². The first kappa shape index (κ1) is 16.0. The number of nitrogens with zero attached hydrogens (tertiary/aromatic N) is 1. The van der Waals surface area contributed by atoms with E-state index in [1.807, 2.05) is 0 Å². The summed E-state index contributed by atoms with van der Waals surface area (Å²) in [6.45, 7) is 0.164. The fourth-order valence-corrected chi connectivity index (χ4v) is 2.74. The smallest absolute Gasteiger partial charge is 0.288 e. The lowest BCUT2D eigenvalue weighted by Gasteiger charge is -2.11. The Bertz CT molecular complexity index is 1040. The number of H-pyrrole nitrogens is 1. The van der Waals surface area contributed by atoms with Crippen molar-refractivity contribution in [2.75, 3.05) is 0 Å². The highest BCUT2D eigenvalue weighted by molar-refractivity contribution is 6.35. The van der Waals surface area contributed by atoms with Crippen molar-refractivity contribution in [2.45, 2.75) is 6.54 Å². The minimum Gasteiger partial charge on any atom is -0.288 e. The fraction of sp³-hybridized carbons (Fsp3) is 0.0625. The van der Waals surface area contributed by atoms with E-state index in [0.717, 1.165) is 5.56 Å². The van der Waals surface area contributed by atoms with Crippen LogP contribution in [0.1, 0.15) is 15.9 Å². The molecule has 0 aliphatic carbocycles. The first-order valence-corrected chi connectivity index (χ1v) is 7.34. The van der Waals surface area contributed by atoms with Crippen LogP contribution in [0.3, 0.4) is 0 Å². The van der Waals surface area contributed by atoms with Gasteiger partial charge in [-0.05, 0) is 29.8 Å². The van der Waals surface area contributed by atoms with Gasteiger partial charge in [0.15, 0.2) is 0 Å². The molecule has 0 unspecified atom stereocenters. The van der Waals surface area contributed by atoms with E-state index in [9.17, 15) is 14.4 Å². The van der Waals surface area contributed by atoms with Gasteiger partial charge in [-0.2, -0.15) is 0 Å². The van der Waals surface area contributed by atoms with Crippen LogP contribution in [0.15, 0.2) is 52.1 Å². The lowest BCUT2D eigenvalue weighted by molar-refractivity contribution is 0.0706. The van der Waals surface area contributed by atoms with E-state index in [1.165, 1.54) is 16.7 Å². The van der Waals surface area contributed by atoms with Crippen molar-refractivity contribution in [3.63, 3.8) is 0 Å². The molecule has 0 fully saturated rings. The molecule has 0 saturated heterocycles. The van der Waals surface area contributed by atoms with Crippen LogP contribution in [0.4, 0.5) is 0 Å². The van der Waals surface area contributed by atoms with Gasteiger partial charge in [-0.3, -0.25) is 24.3 Å². The topological polar surface area (TPSA) is 104 Å². The number of benzene rings is 2. The molecule has 1 amide bonds. The summed E-state index contributed by atoms with van der Waals surface area (Å²) in [6, 6.07) is 11.1. The molecule has 24 heavy (non-hydrogen) atoms. The van der Waals surface area contributed by atoms with Crippen LogP contribution in [0.2, 0.25) is 5.02 Å². The molecule has 0 bridgehead atoms. The Morgan fingerprint density at radius 3 is 2.54 bits per heavy atom. The summed E-state index contributed by atoms with van der Waals surface area (Å²) in [5.41, 5.74) is 1.83. The van der Waals surface area contributed by atoms with Crippen molar-refractivity contribution in [3.05, 3.63) is 79.5 Å².